The molecule has 4 nitrogen and oxygen atoms in total. The van der Waals surface area contributed by atoms with Gasteiger partial charge in [0.05, 0.1) is 0 Å². The number of aryl methyl sites for hydroxylation is 1. The summed E-state index contributed by atoms with van der Waals surface area (Å²) in [6.07, 6.45) is 7.24. The Morgan fingerprint density at radius 1 is 0.833 bits per heavy atom. The van der Waals surface area contributed by atoms with E-state index in [2.05, 4.69) is 6.92 Å². The molecule has 5 heteroatoms. The second-order valence-electron chi connectivity index (χ2n) is 5.77. The first kappa shape index (κ1) is 18.6. The average Bonchev–Trinajstić information content (AvgIpc) is 2.56. The molecule has 0 spiro atoms. The van der Waals surface area contributed by atoms with Crippen LogP contribution in [0.3, 0.4) is 0 Å². The van der Waals surface area contributed by atoms with Crippen LogP contribution in [0.5, 0.6) is 11.5 Å². The van der Waals surface area contributed by atoms with Crippen molar-refractivity contribution in [2.45, 2.75) is 45.4 Å². The third kappa shape index (κ3) is 6.77. The molecule has 1 unspecified atom stereocenters. The Kier molecular flexibility index (Phi) is 7.36. The summed E-state index contributed by atoms with van der Waals surface area (Å²) < 4.78 is 22.2. The zero-order valence-electron chi connectivity index (χ0n) is 14.1. The van der Waals surface area contributed by atoms with Crippen molar-refractivity contribution in [2.75, 3.05) is 0 Å². The SMILES string of the molecule is CCCCCCCc1ccc(OP(=O)(O)Oc2ccccc2)cc1. The monoisotopic (exact) mass is 348 g/mol. The molecular weight excluding hydrogens is 323 g/mol. The van der Waals surface area contributed by atoms with Gasteiger partial charge in [-0.25, -0.2) is 4.57 Å². The minimum Gasteiger partial charge on any atom is -0.395 e. The van der Waals surface area contributed by atoms with Crippen molar-refractivity contribution in [3.05, 3.63) is 60.2 Å². The van der Waals surface area contributed by atoms with Gasteiger partial charge >= 0.3 is 7.82 Å². The maximum Gasteiger partial charge on any atom is 0.584 e. The molecule has 0 amide bonds. The largest absolute Gasteiger partial charge is 0.584 e. The highest BCUT2D eigenvalue weighted by molar-refractivity contribution is 7.48. The van der Waals surface area contributed by atoms with Crippen LogP contribution in [0.2, 0.25) is 0 Å². The highest BCUT2D eigenvalue weighted by Crippen LogP contribution is 2.44. The van der Waals surface area contributed by atoms with Gasteiger partial charge in [0.15, 0.2) is 0 Å². The molecule has 0 aliphatic rings. The summed E-state index contributed by atoms with van der Waals surface area (Å²) in [5.74, 6) is 0.624. The van der Waals surface area contributed by atoms with Crippen LogP contribution in [0.25, 0.3) is 0 Å². The van der Waals surface area contributed by atoms with Crippen molar-refractivity contribution in [1.29, 1.82) is 0 Å². The van der Waals surface area contributed by atoms with Crippen LogP contribution in [0.4, 0.5) is 0 Å². The second kappa shape index (κ2) is 9.51. The molecule has 0 radical (unpaired) electrons. The summed E-state index contributed by atoms with van der Waals surface area (Å²) in [6.45, 7) is 2.21. The third-order valence-corrected chi connectivity index (χ3v) is 4.56. The first-order chi connectivity index (χ1) is 11.6. The van der Waals surface area contributed by atoms with E-state index in [1.807, 2.05) is 12.1 Å². The number of hydrogen-bond acceptors (Lipinski definition) is 3. The van der Waals surface area contributed by atoms with Gasteiger partial charge in [-0.15, -0.1) is 0 Å². The fraction of sp³-hybridized carbons (Fsp3) is 0.368. The van der Waals surface area contributed by atoms with E-state index in [1.165, 1.54) is 31.2 Å². The summed E-state index contributed by atoms with van der Waals surface area (Å²) in [6, 6.07) is 15.7. The maximum atomic E-state index is 12.0. The molecule has 2 aromatic rings. The Labute approximate surface area is 144 Å². The summed E-state index contributed by atoms with van der Waals surface area (Å²) in [5, 5.41) is 0. The van der Waals surface area contributed by atoms with E-state index in [0.29, 0.717) is 11.5 Å². The standard InChI is InChI=1S/C19H25O4P/c1-2-3-4-5-7-10-17-13-15-19(16-14-17)23-24(20,21)22-18-11-8-6-9-12-18/h6,8-9,11-16H,2-5,7,10H2,1H3,(H,20,21). The zero-order valence-corrected chi connectivity index (χ0v) is 15.0. The highest BCUT2D eigenvalue weighted by Gasteiger charge is 2.24. The quantitative estimate of drug-likeness (QED) is 0.438. The number of benzene rings is 2. The Balaban J connectivity index is 1.83. The van der Waals surface area contributed by atoms with E-state index < -0.39 is 7.82 Å². The van der Waals surface area contributed by atoms with Gasteiger partial charge in [-0.1, -0.05) is 62.9 Å². The average molecular weight is 348 g/mol. The lowest BCUT2D eigenvalue weighted by atomic mass is 10.1. The van der Waals surface area contributed by atoms with Crippen molar-refractivity contribution in [2.24, 2.45) is 0 Å². The maximum absolute atomic E-state index is 12.0. The molecule has 24 heavy (non-hydrogen) atoms. The minimum absolute atomic E-state index is 0.298. The predicted molar refractivity (Wildman–Crippen MR) is 96.4 cm³/mol. The summed E-state index contributed by atoms with van der Waals surface area (Å²) in [5.41, 5.74) is 1.20. The molecule has 0 bridgehead atoms. The normalized spacial score (nSPS) is 13.2. The van der Waals surface area contributed by atoms with Gasteiger partial charge in [0.25, 0.3) is 0 Å². The molecule has 0 fully saturated rings. The van der Waals surface area contributed by atoms with Crippen molar-refractivity contribution in [3.63, 3.8) is 0 Å². The lowest BCUT2D eigenvalue weighted by Gasteiger charge is -2.14. The molecule has 1 N–H and O–H groups in total. The van der Waals surface area contributed by atoms with Crippen LogP contribution < -0.4 is 9.05 Å². The molecule has 1 atom stereocenters. The minimum atomic E-state index is -4.19. The number of phosphoric ester groups is 1. The number of para-hydroxylation sites is 1. The Hall–Kier alpha value is -1.77. The molecule has 0 heterocycles. The van der Waals surface area contributed by atoms with E-state index in [1.54, 1.807) is 42.5 Å². The zero-order chi connectivity index (χ0) is 17.3. The Bertz CT molecular complexity index is 640. The van der Waals surface area contributed by atoms with Gasteiger partial charge in [-0.05, 0) is 42.7 Å². The fourth-order valence-electron chi connectivity index (χ4n) is 2.42. The van der Waals surface area contributed by atoms with E-state index in [9.17, 15) is 9.46 Å². The van der Waals surface area contributed by atoms with Gasteiger partial charge in [-0.3, -0.25) is 4.89 Å². The molecule has 2 rings (SSSR count). The Morgan fingerprint density at radius 3 is 2.04 bits per heavy atom. The van der Waals surface area contributed by atoms with E-state index in [4.69, 9.17) is 9.05 Å². The van der Waals surface area contributed by atoms with Gasteiger partial charge < -0.3 is 9.05 Å². The summed E-state index contributed by atoms with van der Waals surface area (Å²) >= 11 is 0. The molecule has 0 aromatic heterocycles. The first-order valence-corrected chi connectivity index (χ1v) is 9.94. The van der Waals surface area contributed by atoms with Crippen LogP contribution in [-0.4, -0.2) is 4.89 Å². The third-order valence-electron chi connectivity index (χ3n) is 3.68. The molecular formula is C19H25O4P. The van der Waals surface area contributed by atoms with Gasteiger partial charge in [0.1, 0.15) is 11.5 Å². The molecule has 2 aromatic carbocycles. The first-order valence-electron chi connectivity index (χ1n) is 8.45. The highest BCUT2D eigenvalue weighted by atomic mass is 31.2. The van der Waals surface area contributed by atoms with Crippen LogP contribution in [0.15, 0.2) is 54.6 Å². The molecule has 0 aliphatic heterocycles. The number of unbranched alkanes of at least 4 members (excludes halogenated alkanes) is 4. The van der Waals surface area contributed by atoms with Gasteiger partial charge in [0.2, 0.25) is 0 Å². The van der Waals surface area contributed by atoms with Crippen molar-refractivity contribution in [3.8, 4) is 11.5 Å². The number of rotatable bonds is 10. The predicted octanol–water partition coefficient (Wildman–Crippen LogP) is 5.76. The number of phosphoric acid groups is 1. The van der Waals surface area contributed by atoms with Gasteiger partial charge in [-0.2, -0.15) is 0 Å². The van der Waals surface area contributed by atoms with Crippen LogP contribution in [0.1, 0.15) is 44.6 Å². The summed E-state index contributed by atoms with van der Waals surface area (Å²) in [4.78, 5) is 9.83. The van der Waals surface area contributed by atoms with Crippen LogP contribution in [0, 0.1) is 0 Å². The van der Waals surface area contributed by atoms with Crippen molar-refractivity contribution in [1.82, 2.24) is 0 Å². The molecule has 0 aliphatic carbocycles. The van der Waals surface area contributed by atoms with Crippen LogP contribution >= 0.6 is 7.82 Å². The summed E-state index contributed by atoms with van der Waals surface area (Å²) in [7, 11) is -4.19. The lowest BCUT2D eigenvalue weighted by molar-refractivity contribution is 0.291. The van der Waals surface area contributed by atoms with Crippen molar-refractivity contribution < 1.29 is 18.5 Å². The Morgan fingerprint density at radius 2 is 1.42 bits per heavy atom. The van der Waals surface area contributed by atoms with Crippen LogP contribution in [-0.2, 0) is 11.0 Å². The van der Waals surface area contributed by atoms with E-state index >= 15 is 0 Å². The van der Waals surface area contributed by atoms with E-state index in [0.717, 1.165) is 12.8 Å². The number of hydrogen-bond donors (Lipinski definition) is 1. The van der Waals surface area contributed by atoms with Crippen molar-refractivity contribution >= 4 is 7.82 Å². The smallest absolute Gasteiger partial charge is 0.395 e. The second-order valence-corrected chi connectivity index (χ2v) is 7.07. The van der Waals surface area contributed by atoms with Gasteiger partial charge in [0, 0.05) is 0 Å². The molecule has 0 saturated carbocycles. The van der Waals surface area contributed by atoms with E-state index in [-0.39, 0.29) is 0 Å². The molecule has 0 saturated heterocycles. The molecule has 130 valence electrons. The fourth-order valence-corrected chi connectivity index (χ4v) is 3.23. The lowest BCUT2D eigenvalue weighted by Crippen LogP contribution is -1.99. The topological polar surface area (TPSA) is 55.8 Å².